The van der Waals surface area contributed by atoms with Gasteiger partial charge in [0.2, 0.25) is 11.8 Å². The van der Waals surface area contributed by atoms with Crippen LogP contribution in [0.3, 0.4) is 0 Å². The molecule has 0 spiro atoms. The molecule has 12 heteroatoms. The van der Waals surface area contributed by atoms with Crippen molar-refractivity contribution in [1.29, 1.82) is 5.26 Å². The second kappa shape index (κ2) is 16.6. The lowest BCUT2D eigenvalue weighted by molar-refractivity contribution is -0.149. The van der Waals surface area contributed by atoms with Crippen LogP contribution in [0.15, 0.2) is 29.8 Å². The van der Waals surface area contributed by atoms with E-state index in [9.17, 15) is 33.9 Å². The molecule has 0 aliphatic heterocycles. The summed E-state index contributed by atoms with van der Waals surface area (Å²) in [5, 5.41) is 27.4. The third-order valence-corrected chi connectivity index (χ3v) is 6.07. The zero-order valence-electron chi connectivity index (χ0n) is 25.7. The van der Waals surface area contributed by atoms with Gasteiger partial charge < -0.3 is 30.7 Å². The average Bonchev–Trinajstić information content (AvgIpc) is 2.89. The molecule has 0 saturated carbocycles. The third kappa shape index (κ3) is 12.0. The van der Waals surface area contributed by atoms with Gasteiger partial charge in [-0.15, -0.1) is 0 Å². The molecule has 0 aliphatic carbocycles. The maximum absolute atomic E-state index is 14.3. The van der Waals surface area contributed by atoms with E-state index in [-0.39, 0.29) is 37.7 Å². The Morgan fingerprint density at radius 3 is 2.33 bits per heavy atom. The zero-order chi connectivity index (χ0) is 32.2. The molecule has 1 aromatic carbocycles. The molecule has 0 heterocycles. The predicted molar refractivity (Wildman–Crippen MR) is 155 cm³/mol. The number of aryl methyl sites for hydroxylation is 1. The van der Waals surface area contributed by atoms with Gasteiger partial charge in [0.15, 0.2) is 0 Å². The fourth-order valence-electron chi connectivity index (χ4n) is 3.55. The van der Waals surface area contributed by atoms with E-state index in [1.807, 2.05) is 19.9 Å². The highest BCUT2D eigenvalue weighted by molar-refractivity contribution is 5.97. The smallest absolute Gasteiger partial charge is 0.330 e. The molecule has 0 unspecified atom stereocenters. The van der Waals surface area contributed by atoms with E-state index in [0.717, 1.165) is 5.56 Å². The number of esters is 1. The molecule has 0 fully saturated rings. The highest BCUT2D eigenvalue weighted by atomic mass is 19.1. The Bertz CT molecular complexity index is 1190. The Morgan fingerprint density at radius 2 is 1.81 bits per heavy atom. The van der Waals surface area contributed by atoms with Crippen molar-refractivity contribution in [3.8, 4) is 6.07 Å². The first-order valence-corrected chi connectivity index (χ1v) is 13.8. The molecule has 0 aromatic heterocycles. The predicted octanol–water partition coefficient (Wildman–Crippen LogP) is 1.73. The van der Waals surface area contributed by atoms with Gasteiger partial charge in [0, 0.05) is 31.1 Å². The van der Waals surface area contributed by atoms with Gasteiger partial charge in [-0.05, 0) is 31.4 Å². The van der Waals surface area contributed by atoms with Crippen molar-refractivity contribution in [3.63, 3.8) is 0 Å². The molecule has 3 atom stereocenters. The number of carbonyl (C=O) groups excluding carboxylic acids is 4. The number of hydrogen-bond donors (Lipinski definition) is 4. The van der Waals surface area contributed by atoms with Crippen LogP contribution >= 0.6 is 0 Å². The SMILES string of the molecule is Cc1ccc(CNC[C@H](NC(=O)[C@@H](NC(=O)C(C)(C)C)[C@@H](C)O)C(=O)OCCN(C)C(=O)C(C#N)=CC(C)C)c(F)c1. The number of rotatable bonds is 14. The molecule has 0 radical (unpaired) electrons. The van der Waals surface area contributed by atoms with Crippen LogP contribution in [-0.4, -0.2) is 78.6 Å². The lowest BCUT2D eigenvalue weighted by Gasteiger charge is -2.27. The van der Waals surface area contributed by atoms with Crippen molar-refractivity contribution in [3.05, 3.63) is 46.8 Å². The van der Waals surface area contributed by atoms with Gasteiger partial charge in [-0.25, -0.2) is 9.18 Å². The van der Waals surface area contributed by atoms with E-state index in [1.165, 1.54) is 31.0 Å². The number of allylic oxidation sites excluding steroid dienone is 1. The van der Waals surface area contributed by atoms with E-state index in [2.05, 4.69) is 16.0 Å². The molecule has 11 nitrogen and oxygen atoms in total. The first kappa shape index (κ1) is 36.2. The summed E-state index contributed by atoms with van der Waals surface area (Å²) in [5.41, 5.74) is 0.223. The van der Waals surface area contributed by atoms with Crippen LogP contribution in [0, 0.1) is 35.4 Å². The summed E-state index contributed by atoms with van der Waals surface area (Å²) in [6.45, 7) is 11.3. The van der Waals surface area contributed by atoms with E-state index < -0.39 is 53.1 Å². The molecule has 1 aromatic rings. The van der Waals surface area contributed by atoms with Gasteiger partial charge in [0.1, 0.15) is 36.2 Å². The highest BCUT2D eigenvalue weighted by Gasteiger charge is 2.33. The fourth-order valence-corrected chi connectivity index (χ4v) is 3.55. The molecule has 232 valence electrons. The maximum atomic E-state index is 14.3. The normalized spacial score (nSPS) is 13.9. The van der Waals surface area contributed by atoms with E-state index >= 15 is 0 Å². The number of benzene rings is 1. The number of ether oxygens (including phenoxy) is 1. The second-order valence-electron chi connectivity index (χ2n) is 11.6. The Balaban J connectivity index is 3.00. The monoisotopic (exact) mass is 589 g/mol. The van der Waals surface area contributed by atoms with Crippen molar-refractivity contribution in [1.82, 2.24) is 20.9 Å². The second-order valence-corrected chi connectivity index (χ2v) is 11.6. The molecular weight excluding hydrogens is 545 g/mol. The van der Waals surface area contributed by atoms with Crippen molar-refractivity contribution in [2.75, 3.05) is 26.7 Å². The molecule has 0 bridgehead atoms. The fraction of sp³-hybridized carbons (Fsp3) is 0.567. The van der Waals surface area contributed by atoms with Crippen LogP contribution in [0.2, 0.25) is 0 Å². The number of aliphatic hydroxyl groups excluding tert-OH is 1. The van der Waals surface area contributed by atoms with Gasteiger partial charge >= 0.3 is 5.97 Å². The Morgan fingerprint density at radius 1 is 1.17 bits per heavy atom. The molecule has 0 aliphatic rings. The summed E-state index contributed by atoms with van der Waals surface area (Å²) in [6, 6.07) is 3.95. The number of nitrogens with zero attached hydrogens (tertiary/aromatic N) is 2. The summed E-state index contributed by atoms with van der Waals surface area (Å²) < 4.78 is 19.6. The van der Waals surface area contributed by atoms with Gasteiger partial charge in [0.25, 0.3) is 5.91 Å². The number of amides is 3. The molecule has 1 rings (SSSR count). The average molecular weight is 590 g/mol. The van der Waals surface area contributed by atoms with Crippen molar-refractivity contribution < 1.29 is 33.4 Å². The summed E-state index contributed by atoms with van der Waals surface area (Å²) in [5.74, 6) is -3.13. The van der Waals surface area contributed by atoms with E-state index in [4.69, 9.17) is 4.74 Å². The van der Waals surface area contributed by atoms with Crippen molar-refractivity contribution >= 4 is 23.7 Å². The number of carbonyl (C=O) groups is 4. The van der Waals surface area contributed by atoms with Crippen LogP contribution < -0.4 is 16.0 Å². The van der Waals surface area contributed by atoms with Gasteiger partial charge in [0.05, 0.1) is 12.6 Å². The molecular formula is C30H44FN5O6. The lowest BCUT2D eigenvalue weighted by Crippen LogP contribution is -2.59. The quantitative estimate of drug-likeness (QED) is 0.145. The minimum absolute atomic E-state index is 0.0151. The Hall–Kier alpha value is -3.82. The first-order valence-electron chi connectivity index (χ1n) is 13.8. The minimum atomic E-state index is -1.36. The number of aliphatic hydroxyl groups is 1. The van der Waals surface area contributed by atoms with Crippen LogP contribution in [0.4, 0.5) is 4.39 Å². The molecule has 42 heavy (non-hydrogen) atoms. The first-order chi connectivity index (χ1) is 19.5. The van der Waals surface area contributed by atoms with Crippen molar-refractivity contribution in [2.45, 2.75) is 73.2 Å². The summed E-state index contributed by atoms with van der Waals surface area (Å²) >= 11 is 0. The van der Waals surface area contributed by atoms with Crippen LogP contribution in [-0.2, 0) is 30.5 Å². The minimum Gasteiger partial charge on any atom is -0.462 e. The third-order valence-electron chi connectivity index (χ3n) is 6.07. The van der Waals surface area contributed by atoms with E-state index in [0.29, 0.717) is 5.56 Å². The summed E-state index contributed by atoms with van der Waals surface area (Å²) in [6.07, 6.45) is 0.256. The number of hydrogen-bond acceptors (Lipinski definition) is 8. The number of likely N-dealkylation sites (N-methyl/N-ethyl adjacent to an activating group) is 1. The molecule has 0 saturated heterocycles. The highest BCUT2D eigenvalue weighted by Crippen LogP contribution is 2.14. The Kier molecular flexibility index (Phi) is 14.3. The van der Waals surface area contributed by atoms with Crippen LogP contribution in [0.1, 0.15) is 52.7 Å². The largest absolute Gasteiger partial charge is 0.462 e. The molecule has 4 N–H and O–H groups in total. The van der Waals surface area contributed by atoms with Gasteiger partial charge in [-0.3, -0.25) is 14.4 Å². The number of nitrogens with one attached hydrogen (secondary N) is 3. The van der Waals surface area contributed by atoms with Gasteiger partial charge in [-0.1, -0.05) is 52.8 Å². The summed E-state index contributed by atoms with van der Waals surface area (Å²) in [7, 11) is 1.46. The lowest BCUT2D eigenvalue weighted by atomic mass is 9.94. The van der Waals surface area contributed by atoms with E-state index in [1.54, 1.807) is 39.8 Å². The number of nitriles is 1. The maximum Gasteiger partial charge on any atom is 0.330 e. The summed E-state index contributed by atoms with van der Waals surface area (Å²) in [4.78, 5) is 52.4. The van der Waals surface area contributed by atoms with Gasteiger partial charge in [-0.2, -0.15) is 5.26 Å². The topological polar surface area (TPSA) is 161 Å². The number of halogens is 1. The standard InChI is InChI=1S/C30H44FN5O6/c1-18(2)13-22(15-32)27(39)36(8)11-12-42-28(40)24(17-33-16-21-10-9-19(3)14-23(21)31)34-26(38)25(20(4)37)35-29(41)30(5,6)7/h9-10,13-14,18,20,24-25,33,37H,11-12,16-17H2,1-8H3,(H,34,38)(H,35,41)/t20-,24+,25+/m1/s1. The van der Waals surface area contributed by atoms with Crippen LogP contribution in [0.25, 0.3) is 0 Å². The van der Waals surface area contributed by atoms with Crippen molar-refractivity contribution in [2.24, 2.45) is 11.3 Å². The van der Waals surface area contributed by atoms with Crippen LogP contribution in [0.5, 0.6) is 0 Å². The Labute approximate surface area is 247 Å². The molecule has 3 amide bonds. The zero-order valence-corrected chi connectivity index (χ0v) is 25.7.